The van der Waals surface area contributed by atoms with Crippen molar-refractivity contribution in [1.29, 1.82) is 0 Å². The molecule has 132 valence electrons. The molecule has 0 aliphatic carbocycles. The molecular weight excluding hydrogens is 328 g/mol. The van der Waals surface area contributed by atoms with Gasteiger partial charge in [-0.05, 0) is 49.2 Å². The number of carbonyl (C=O) groups excluding carboxylic acids is 1. The van der Waals surface area contributed by atoms with Gasteiger partial charge >= 0.3 is 0 Å². The number of rotatable bonds is 5. The fraction of sp³-hybridized carbons (Fsp3) is 0.150. The summed E-state index contributed by atoms with van der Waals surface area (Å²) < 4.78 is 5.15. The molecule has 1 heterocycles. The molecule has 0 radical (unpaired) electrons. The Bertz CT molecular complexity index is 903. The Morgan fingerprint density at radius 3 is 2.31 bits per heavy atom. The van der Waals surface area contributed by atoms with E-state index in [2.05, 4.69) is 26.7 Å². The zero-order chi connectivity index (χ0) is 18.5. The number of benzene rings is 2. The number of nitrogens with zero attached hydrogens (tertiary/aromatic N) is 2. The van der Waals surface area contributed by atoms with Crippen molar-refractivity contribution in [2.24, 2.45) is 0 Å². The topological polar surface area (TPSA) is 76.1 Å². The standard InChI is InChI=1S/C20H20N4O2/c1-13-7-14(2)9-17(8-13)24-20-21-11-15(12-22-20)19(25)23-16-5-4-6-18(10-16)26-3/h4-12H,1-3H3,(H,23,25)(H,21,22,24). The van der Waals surface area contributed by atoms with Crippen LogP contribution in [0.25, 0.3) is 0 Å². The van der Waals surface area contributed by atoms with Gasteiger partial charge in [0.05, 0.1) is 12.7 Å². The Morgan fingerprint density at radius 1 is 0.962 bits per heavy atom. The molecule has 0 fully saturated rings. The fourth-order valence-electron chi connectivity index (χ4n) is 2.59. The third-order valence-electron chi connectivity index (χ3n) is 3.72. The minimum absolute atomic E-state index is 0.281. The van der Waals surface area contributed by atoms with Crippen LogP contribution in [-0.4, -0.2) is 23.0 Å². The van der Waals surface area contributed by atoms with E-state index in [0.29, 0.717) is 22.9 Å². The molecule has 3 aromatic rings. The Balaban J connectivity index is 1.69. The summed E-state index contributed by atoms with van der Waals surface area (Å²) in [5.74, 6) is 0.830. The van der Waals surface area contributed by atoms with Crippen LogP contribution in [0.4, 0.5) is 17.3 Å². The van der Waals surface area contributed by atoms with E-state index in [4.69, 9.17) is 4.74 Å². The van der Waals surface area contributed by atoms with Gasteiger partial charge in [0.1, 0.15) is 5.75 Å². The highest BCUT2D eigenvalue weighted by Crippen LogP contribution is 2.19. The highest BCUT2D eigenvalue weighted by molar-refractivity contribution is 6.04. The van der Waals surface area contributed by atoms with Gasteiger partial charge in [-0.15, -0.1) is 0 Å². The van der Waals surface area contributed by atoms with E-state index >= 15 is 0 Å². The molecule has 6 nitrogen and oxygen atoms in total. The number of hydrogen-bond acceptors (Lipinski definition) is 5. The first-order valence-corrected chi connectivity index (χ1v) is 8.16. The Kier molecular flexibility index (Phi) is 5.12. The molecule has 0 atom stereocenters. The fourth-order valence-corrected chi connectivity index (χ4v) is 2.59. The summed E-state index contributed by atoms with van der Waals surface area (Å²) >= 11 is 0. The molecule has 2 N–H and O–H groups in total. The molecule has 0 saturated heterocycles. The quantitative estimate of drug-likeness (QED) is 0.726. The molecule has 0 aliphatic heterocycles. The number of aromatic nitrogens is 2. The number of anilines is 3. The summed E-state index contributed by atoms with van der Waals surface area (Å²) in [5.41, 5.74) is 4.24. The molecule has 1 aromatic heterocycles. The number of nitrogens with one attached hydrogen (secondary N) is 2. The van der Waals surface area contributed by atoms with Gasteiger partial charge in [-0.3, -0.25) is 4.79 Å². The number of methoxy groups -OCH3 is 1. The van der Waals surface area contributed by atoms with E-state index in [1.54, 1.807) is 19.2 Å². The van der Waals surface area contributed by atoms with E-state index in [1.165, 1.54) is 12.4 Å². The van der Waals surface area contributed by atoms with Crippen LogP contribution < -0.4 is 15.4 Å². The van der Waals surface area contributed by atoms with Crippen LogP contribution in [0.3, 0.4) is 0 Å². The van der Waals surface area contributed by atoms with Gasteiger partial charge in [0.15, 0.2) is 0 Å². The van der Waals surface area contributed by atoms with Crippen molar-refractivity contribution in [2.45, 2.75) is 13.8 Å². The first-order valence-electron chi connectivity index (χ1n) is 8.16. The van der Waals surface area contributed by atoms with E-state index in [-0.39, 0.29) is 5.91 Å². The molecule has 2 aromatic carbocycles. The molecule has 3 rings (SSSR count). The molecule has 0 spiro atoms. The van der Waals surface area contributed by atoms with Crippen molar-refractivity contribution >= 4 is 23.2 Å². The summed E-state index contributed by atoms with van der Waals surface area (Å²) in [6.45, 7) is 4.07. The molecule has 0 saturated carbocycles. The lowest BCUT2D eigenvalue weighted by molar-refractivity contribution is 0.102. The Hall–Kier alpha value is -3.41. The summed E-state index contributed by atoms with van der Waals surface area (Å²) in [7, 11) is 1.58. The van der Waals surface area contributed by atoms with Crippen LogP contribution >= 0.6 is 0 Å². The average Bonchev–Trinajstić information content (AvgIpc) is 2.61. The van der Waals surface area contributed by atoms with Crippen LogP contribution in [0.2, 0.25) is 0 Å². The van der Waals surface area contributed by atoms with Crippen molar-refractivity contribution in [1.82, 2.24) is 9.97 Å². The molecule has 0 bridgehead atoms. The molecule has 0 unspecified atom stereocenters. The van der Waals surface area contributed by atoms with Crippen LogP contribution in [-0.2, 0) is 0 Å². The van der Waals surface area contributed by atoms with Gasteiger partial charge in [0.2, 0.25) is 5.95 Å². The maximum absolute atomic E-state index is 12.3. The van der Waals surface area contributed by atoms with Gasteiger partial charge < -0.3 is 15.4 Å². The first kappa shape index (κ1) is 17.4. The minimum Gasteiger partial charge on any atom is -0.497 e. The number of carbonyl (C=O) groups is 1. The molecule has 26 heavy (non-hydrogen) atoms. The summed E-state index contributed by atoms with van der Waals surface area (Å²) in [5, 5.41) is 5.94. The minimum atomic E-state index is -0.281. The van der Waals surface area contributed by atoms with Crippen molar-refractivity contribution in [3.8, 4) is 5.75 Å². The van der Waals surface area contributed by atoms with Crippen LogP contribution in [0.5, 0.6) is 5.75 Å². The smallest absolute Gasteiger partial charge is 0.258 e. The van der Waals surface area contributed by atoms with Crippen molar-refractivity contribution in [3.05, 3.63) is 71.5 Å². The second-order valence-electron chi connectivity index (χ2n) is 5.98. The summed E-state index contributed by atoms with van der Waals surface area (Å²) in [4.78, 5) is 20.8. The van der Waals surface area contributed by atoms with Gasteiger partial charge in [-0.25, -0.2) is 9.97 Å². The largest absolute Gasteiger partial charge is 0.497 e. The predicted molar refractivity (Wildman–Crippen MR) is 102 cm³/mol. The van der Waals surface area contributed by atoms with Gasteiger partial charge in [0.25, 0.3) is 5.91 Å². The number of aryl methyl sites for hydroxylation is 2. The second-order valence-corrected chi connectivity index (χ2v) is 5.98. The van der Waals surface area contributed by atoms with E-state index in [9.17, 15) is 4.79 Å². The lowest BCUT2D eigenvalue weighted by Crippen LogP contribution is -2.13. The van der Waals surface area contributed by atoms with Crippen molar-refractivity contribution in [2.75, 3.05) is 17.7 Å². The Labute approximate surface area is 152 Å². The zero-order valence-electron chi connectivity index (χ0n) is 14.9. The SMILES string of the molecule is COc1cccc(NC(=O)c2cnc(Nc3cc(C)cc(C)c3)nc2)c1. The van der Waals surface area contributed by atoms with E-state index in [1.807, 2.05) is 38.1 Å². The molecular formula is C20H20N4O2. The third-order valence-corrected chi connectivity index (χ3v) is 3.72. The highest BCUT2D eigenvalue weighted by atomic mass is 16.5. The monoisotopic (exact) mass is 348 g/mol. The summed E-state index contributed by atoms with van der Waals surface area (Å²) in [6, 6.07) is 13.3. The zero-order valence-corrected chi connectivity index (χ0v) is 14.9. The maximum Gasteiger partial charge on any atom is 0.258 e. The van der Waals surface area contributed by atoms with Crippen LogP contribution in [0.1, 0.15) is 21.5 Å². The third kappa shape index (κ3) is 4.36. The molecule has 0 aliphatic rings. The number of hydrogen-bond donors (Lipinski definition) is 2. The van der Waals surface area contributed by atoms with Gasteiger partial charge in [-0.1, -0.05) is 12.1 Å². The number of amides is 1. The molecule has 6 heteroatoms. The van der Waals surface area contributed by atoms with Crippen LogP contribution in [0.15, 0.2) is 54.9 Å². The van der Waals surface area contributed by atoms with Gasteiger partial charge in [0, 0.05) is 29.8 Å². The lowest BCUT2D eigenvalue weighted by Gasteiger charge is -2.09. The highest BCUT2D eigenvalue weighted by Gasteiger charge is 2.09. The number of ether oxygens (including phenoxy) is 1. The Morgan fingerprint density at radius 2 is 1.65 bits per heavy atom. The second kappa shape index (κ2) is 7.65. The lowest BCUT2D eigenvalue weighted by atomic mass is 10.1. The van der Waals surface area contributed by atoms with E-state index in [0.717, 1.165) is 16.8 Å². The summed E-state index contributed by atoms with van der Waals surface area (Å²) in [6.07, 6.45) is 2.99. The maximum atomic E-state index is 12.3. The van der Waals surface area contributed by atoms with Crippen molar-refractivity contribution < 1.29 is 9.53 Å². The molecule has 1 amide bonds. The average molecular weight is 348 g/mol. The first-order chi connectivity index (χ1) is 12.5. The normalized spacial score (nSPS) is 10.3. The predicted octanol–water partition coefficient (Wildman–Crippen LogP) is 4.10. The van der Waals surface area contributed by atoms with Gasteiger partial charge in [-0.2, -0.15) is 0 Å². The van der Waals surface area contributed by atoms with Crippen molar-refractivity contribution in [3.63, 3.8) is 0 Å². The van der Waals surface area contributed by atoms with Crippen LogP contribution in [0, 0.1) is 13.8 Å². The van der Waals surface area contributed by atoms with E-state index < -0.39 is 0 Å².